The smallest absolute Gasteiger partial charge is 0.408 e. The molecule has 0 saturated heterocycles. The lowest BCUT2D eigenvalue weighted by molar-refractivity contribution is -0.143. The molecule has 0 aromatic heterocycles. The molecule has 0 radical (unpaired) electrons. The van der Waals surface area contributed by atoms with Crippen molar-refractivity contribution < 1.29 is 24.2 Å². The number of alkyl carbamates (subject to hydrolysis) is 1. The maximum atomic E-state index is 13.1. The van der Waals surface area contributed by atoms with E-state index in [1.165, 1.54) is 0 Å². The summed E-state index contributed by atoms with van der Waals surface area (Å²) in [6.07, 6.45) is 1.51. The highest BCUT2D eigenvalue weighted by Crippen LogP contribution is 2.44. The van der Waals surface area contributed by atoms with E-state index < -0.39 is 29.6 Å². The number of carbonyl (C=O) groups is 3. The zero-order valence-electron chi connectivity index (χ0n) is 19.0. The molecule has 0 aliphatic heterocycles. The molecular weight excluding hydrogens is 420 g/mol. The van der Waals surface area contributed by atoms with Crippen molar-refractivity contribution in [2.75, 3.05) is 6.61 Å². The third-order valence-corrected chi connectivity index (χ3v) is 6.97. The zero-order chi connectivity index (χ0) is 23.6. The third-order valence-electron chi connectivity index (χ3n) is 6.97. The number of aliphatic carboxylic acids is 1. The van der Waals surface area contributed by atoms with Crippen LogP contribution in [0.15, 0.2) is 48.5 Å². The van der Waals surface area contributed by atoms with Crippen LogP contribution < -0.4 is 10.6 Å². The van der Waals surface area contributed by atoms with Crippen LogP contribution in [0.1, 0.15) is 56.6 Å². The molecule has 2 aromatic carbocycles. The molecule has 4 rings (SSSR count). The number of carboxylic acid groups (broad SMARTS) is 1. The summed E-state index contributed by atoms with van der Waals surface area (Å²) in [7, 11) is 0. The van der Waals surface area contributed by atoms with E-state index in [1.54, 1.807) is 13.8 Å². The van der Waals surface area contributed by atoms with Crippen molar-refractivity contribution in [3.63, 3.8) is 0 Å². The van der Waals surface area contributed by atoms with Gasteiger partial charge in [-0.05, 0) is 53.9 Å². The van der Waals surface area contributed by atoms with Gasteiger partial charge in [-0.3, -0.25) is 4.79 Å². The van der Waals surface area contributed by atoms with Crippen molar-refractivity contribution in [2.24, 2.45) is 5.92 Å². The number of hydrogen-bond acceptors (Lipinski definition) is 4. The number of amides is 2. The predicted octanol–water partition coefficient (Wildman–Crippen LogP) is 4.06. The van der Waals surface area contributed by atoms with Crippen LogP contribution in [0.4, 0.5) is 4.79 Å². The molecule has 2 aliphatic rings. The minimum atomic E-state index is -1.23. The molecular formula is C26H30N2O5. The second-order valence-electron chi connectivity index (χ2n) is 8.87. The molecule has 2 aliphatic carbocycles. The third kappa shape index (κ3) is 4.45. The van der Waals surface area contributed by atoms with Gasteiger partial charge in [-0.15, -0.1) is 0 Å². The van der Waals surface area contributed by atoms with Gasteiger partial charge in [0, 0.05) is 5.92 Å². The van der Waals surface area contributed by atoms with Crippen LogP contribution in [-0.4, -0.2) is 41.3 Å². The van der Waals surface area contributed by atoms with E-state index in [-0.39, 0.29) is 18.4 Å². The minimum absolute atomic E-state index is 0.0488. The molecule has 7 heteroatoms. The van der Waals surface area contributed by atoms with Crippen LogP contribution >= 0.6 is 0 Å². The van der Waals surface area contributed by atoms with Gasteiger partial charge in [0.2, 0.25) is 5.91 Å². The van der Waals surface area contributed by atoms with Gasteiger partial charge in [0.05, 0.1) is 0 Å². The van der Waals surface area contributed by atoms with Crippen LogP contribution in [0.2, 0.25) is 0 Å². The normalized spacial score (nSPS) is 15.8. The molecule has 1 fully saturated rings. The van der Waals surface area contributed by atoms with E-state index in [0.717, 1.165) is 35.1 Å². The van der Waals surface area contributed by atoms with E-state index in [0.29, 0.717) is 12.8 Å². The monoisotopic (exact) mass is 450 g/mol. The molecule has 2 amide bonds. The highest BCUT2D eigenvalue weighted by Gasteiger charge is 2.43. The Balaban J connectivity index is 1.44. The van der Waals surface area contributed by atoms with Crippen molar-refractivity contribution in [3.05, 3.63) is 59.7 Å². The minimum Gasteiger partial charge on any atom is -0.480 e. The number of rotatable bonds is 9. The molecule has 3 N–H and O–H groups in total. The van der Waals surface area contributed by atoms with E-state index in [2.05, 4.69) is 22.8 Å². The van der Waals surface area contributed by atoms with E-state index in [1.807, 2.05) is 36.4 Å². The van der Waals surface area contributed by atoms with E-state index in [4.69, 9.17) is 4.74 Å². The van der Waals surface area contributed by atoms with Crippen LogP contribution in [0.3, 0.4) is 0 Å². The van der Waals surface area contributed by atoms with Crippen LogP contribution in [0, 0.1) is 5.92 Å². The first-order valence-corrected chi connectivity index (χ1v) is 11.6. The standard InChI is InChI=1S/C26H30N2O5/c1-3-26(4-2,24(31)27-22(23(29)30)16-13-14-16)28-25(32)33-15-21-19-11-7-5-9-17(19)18-10-6-8-12-20(18)21/h5-12,16,21-22H,3-4,13-15H2,1-2H3,(H,27,31)(H,28,32)(H,29,30). The maximum absolute atomic E-state index is 13.1. The Morgan fingerprint density at radius 3 is 2.03 bits per heavy atom. The molecule has 1 saturated carbocycles. The summed E-state index contributed by atoms with van der Waals surface area (Å²) < 4.78 is 5.61. The first kappa shape index (κ1) is 22.8. The summed E-state index contributed by atoms with van der Waals surface area (Å²) in [5.41, 5.74) is 3.26. The van der Waals surface area contributed by atoms with Crippen LogP contribution in [0.5, 0.6) is 0 Å². The largest absolute Gasteiger partial charge is 0.480 e. The highest BCUT2D eigenvalue weighted by atomic mass is 16.5. The average Bonchev–Trinajstić information content (AvgIpc) is 3.61. The van der Waals surface area contributed by atoms with Gasteiger partial charge < -0.3 is 20.5 Å². The number of nitrogens with one attached hydrogen (secondary N) is 2. The Morgan fingerprint density at radius 2 is 1.55 bits per heavy atom. The number of benzene rings is 2. The summed E-state index contributed by atoms with van der Waals surface area (Å²) in [4.78, 5) is 37.4. The predicted molar refractivity (Wildman–Crippen MR) is 124 cm³/mol. The van der Waals surface area contributed by atoms with Crippen LogP contribution in [-0.2, 0) is 14.3 Å². The second-order valence-corrected chi connectivity index (χ2v) is 8.87. The first-order chi connectivity index (χ1) is 15.9. The summed E-state index contributed by atoms with van der Waals surface area (Å²) in [6, 6.07) is 15.2. The molecule has 0 heterocycles. The molecule has 7 nitrogen and oxygen atoms in total. The number of ether oxygens (including phenoxy) is 1. The number of fused-ring (bicyclic) bond motifs is 3. The molecule has 1 atom stereocenters. The lowest BCUT2D eigenvalue weighted by Crippen LogP contribution is -2.61. The van der Waals surface area contributed by atoms with Crippen molar-refractivity contribution in [1.82, 2.24) is 10.6 Å². The molecule has 0 spiro atoms. The highest BCUT2D eigenvalue weighted by molar-refractivity contribution is 5.93. The molecule has 33 heavy (non-hydrogen) atoms. The Bertz CT molecular complexity index is 1010. The number of carboxylic acids is 1. The van der Waals surface area contributed by atoms with Crippen molar-refractivity contribution in [2.45, 2.75) is 57.0 Å². The molecule has 0 bridgehead atoms. The van der Waals surface area contributed by atoms with Gasteiger partial charge in [0.25, 0.3) is 0 Å². The zero-order valence-corrected chi connectivity index (χ0v) is 19.0. The lowest BCUT2D eigenvalue weighted by atomic mass is 9.91. The molecule has 174 valence electrons. The van der Waals surface area contributed by atoms with Crippen LogP contribution in [0.25, 0.3) is 11.1 Å². The van der Waals surface area contributed by atoms with Crippen molar-refractivity contribution in [1.29, 1.82) is 0 Å². The van der Waals surface area contributed by atoms with Crippen molar-refractivity contribution >= 4 is 18.0 Å². The van der Waals surface area contributed by atoms with E-state index in [9.17, 15) is 19.5 Å². The quantitative estimate of drug-likeness (QED) is 0.534. The van der Waals surface area contributed by atoms with Gasteiger partial charge in [0.15, 0.2) is 0 Å². The number of carbonyl (C=O) groups excluding carboxylic acids is 2. The maximum Gasteiger partial charge on any atom is 0.408 e. The lowest BCUT2D eigenvalue weighted by Gasteiger charge is -2.32. The fraction of sp³-hybridized carbons (Fsp3) is 0.423. The van der Waals surface area contributed by atoms with Crippen molar-refractivity contribution in [3.8, 4) is 11.1 Å². The Kier molecular flexibility index (Phi) is 6.40. The summed E-state index contributed by atoms with van der Waals surface area (Å²) in [5.74, 6) is -1.67. The fourth-order valence-corrected chi connectivity index (χ4v) is 4.72. The van der Waals surface area contributed by atoms with Gasteiger partial charge in [-0.1, -0.05) is 62.4 Å². The Labute approximate surface area is 193 Å². The van der Waals surface area contributed by atoms with Gasteiger partial charge in [0.1, 0.15) is 18.2 Å². The first-order valence-electron chi connectivity index (χ1n) is 11.6. The SMILES string of the molecule is CCC(CC)(NC(=O)OCC1c2ccccc2-c2ccccc21)C(=O)NC(C(=O)O)C1CC1. The Morgan fingerprint density at radius 1 is 1.00 bits per heavy atom. The van der Waals surface area contributed by atoms with E-state index >= 15 is 0 Å². The number of hydrogen-bond donors (Lipinski definition) is 3. The molecule has 2 aromatic rings. The fourth-order valence-electron chi connectivity index (χ4n) is 4.72. The second kappa shape index (κ2) is 9.25. The van der Waals surface area contributed by atoms with Gasteiger partial charge in [-0.25, -0.2) is 9.59 Å². The summed E-state index contributed by atoms with van der Waals surface area (Å²) in [6.45, 7) is 3.73. The summed E-state index contributed by atoms with van der Waals surface area (Å²) in [5, 5.41) is 14.8. The Hall–Kier alpha value is -3.35. The topological polar surface area (TPSA) is 105 Å². The summed E-state index contributed by atoms with van der Waals surface area (Å²) >= 11 is 0. The average molecular weight is 451 g/mol. The van der Waals surface area contributed by atoms with Gasteiger partial charge in [-0.2, -0.15) is 0 Å². The molecule has 1 unspecified atom stereocenters. The van der Waals surface area contributed by atoms with Gasteiger partial charge >= 0.3 is 12.1 Å².